The standard InChI is InChI=1S/C8H16Cl3ISi/c1-7(2,5-8(3,4)12)6-13(9,10)11/h5-6H2,1-4H3. The third kappa shape index (κ3) is 10.1. The highest BCUT2D eigenvalue weighted by Gasteiger charge is 2.36. The highest BCUT2D eigenvalue weighted by atomic mass is 127. The van der Waals surface area contributed by atoms with Crippen molar-refractivity contribution in [1.82, 2.24) is 0 Å². The maximum Gasteiger partial charge on any atom is 0.341 e. The Morgan fingerprint density at radius 3 is 1.69 bits per heavy atom. The van der Waals surface area contributed by atoms with Crippen molar-refractivity contribution >= 4 is 61.8 Å². The largest absolute Gasteiger partial charge is 0.341 e. The van der Waals surface area contributed by atoms with E-state index >= 15 is 0 Å². The Labute approximate surface area is 110 Å². The van der Waals surface area contributed by atoms with E-state index in [1.807, 2.05) is 0 Å². The van der Waals surface area contributed by atoms with Crippen LogP contribution in [0, 0.1) is 5.41 Å². The minimum atomic E-state index is -2.48. The molecule has 0 amide bonds. The molecular formula is C8H16Cl3ISi. The van der Waals surface area contributed by atoms with Crippen LogP contribution in [-0.4, -0.2) is 9.42 Å². The van der Waals surface area contributed by atoms with E-state index in [2.05, 4.69) is 50.3 Å². The molecule has 0 aliphatic rings. The van der Waals surface area contributed by atoms with Crippen molar-refractivity contribution in [2.75, 3.05) is 0 Å². The molecule has 0 aromatic rings. The van der Waals surface area contributed by atoms with Gasteiger partial charge in [0.2, 0.25) is 0 Å². The number of rotatable bonds is 4. The zero-order chi connectivity index (χ0) is 10.9. The summed E-state index contributed by atoms with van der Waals surface area (Å²) in [6.07, 6.45) is 1.07. The molecule has 0 aromatic carbocycles. The molecule has 5 heteroatoms. The van der Waals surface area contributed by atoms with E-state index < -0.39 is 6.00 Å². The normalized spacial score (nSPS) is 14.8. The average Bonchev–Trinajstić information content (AvgIpc) is 1.43. The second kappa shape index (κ2) is 4.77. The van der Waals surface area contributed by atoms with Gasteiger partial charge in [-0.25, -0.2) is 0 Å². The van der Waals surface area contributed by atoms with Crippen LogP contribution in [-0.2, 0) is 0 Å². The third-order valence-electron chi connectivity index (χ3n) is 1.58. The topological polar surface area (TPSA) is 0 Å². The van der Waals surface area contributed by atoms with Crippen LogP contribution in [0.1, 0.15) is 34.1 Å². The summed E-state index contributed by atoms with van der Waals surface area (Å²) in [5.41, 5.74) is 0.127. The zero-order valence-electron chi connectivity index (χ0n) is 8.43. The number of hydrogen-bond donors (Lipinski definition) is 0. The second-order valence-corrected chi connectivity index (χ2v) is 16.9. The molecule has 0 saturated carbocycles. The lowest BCUT2D eigenvalue weighted by Crippen LogP contribution is -2.28. The Hall–Kier alpha value is 1.82. The molecule has 0 radical (unpaired) electrons. The van der Waals surface area contributed by atoms with E-state index in [1.54, 1.807) is 0 Å². The molecule has 0 nitrogen and oxygen atoms in total. The molecular weight excluding hydrogens is 357 g/mol. The maximum atomic E-state index is 5.91. The highest BCUT2D eigenvalue weighted by Crippen LogP contribution is 2.42. The van der Waals surface area contributed by atoms with Crippen molar-refractivity contribution in [2.24, 2.45) is 5.41 Å². The van der Waals surface area contributed by atoms with Crippen LogP contribution in [0.15, 0.2) is 0 Å². The van der Waals surface area contributed by atoms with Gasteiger partial charge in [0.15, 0.2) is 0 Å². The quantitative estimate of drug-likeness (QED) is 0.272. The molecule has 0 fully saturated rings. The van der Waals surface area contributed by atoms with Crippen LogP contribution < -0.4 is 0 Å². The fourth-order valence-corrected chi connectivity index (χ4v) is 7.24. The van der Waals surface area contributed by atoms with Gasteiger partial charge < -0.3 is 0 Å². The summed E-state index contributed by atoms with van der Waals surface area (Å²) < 4.78 is 0.269. The van der Waals surface area contributed by atoms with Crippen molar-refractivity contribution in [1.29, 1.82) is 0 Å². The molecule has 0 spiro atoms. The summed E-state index contributed by atoms with van der Waals surface area (Å²) in [7, 11) is 0. The van der Waals surface area contributed by atoms with Gasteiger partial charge in [0, 0.05) is 3.42 Å². The first-order chi connectivity index (χ1) is 5.41. The summed E-state index contributed by atoms with van der Waals surface area (Å²) >= 11 is 20.2. The van der Waals surface area contributed by atoms with E-state index in [0.717, 1.165) is 12.5 Å². The van der Waals surface area contributed by atoms with Crippen molar-refractivity contribution in [2.45, 2.75) is 43.6 Å². The summed E-state index contributed by atoms with van der Waals surface area (Å²) in [6.45, 7) is 8.75. The van der Waals surface area contributed by atoms with Crippen molar-refractivity contribution in [3.8, 4) is 0 Å². The van der Waals surface area contributed by atoms with E-state index in [1.165, 1.54) is 0 Å². The van der Waals surface area contributed by atoms with Gasteiger partial charge in [-0.2, -0.15) is 0 Å². The number of hydrogen-bond acceptors (Lipinski definition) is 0. The van der Waals surface area contributed by atoms with Gasteiger partial charge in [-0.3, -0.25) is 0 Å². The van der Waals surface area contributed by atoms with Gasteiger partial charge in [-0.15, -0.1) is 33.2 Å². The number of alkyl halides is 1. The lowest BCUT2D eigenvalue weighted by molar-refractivity contribution is 0.346. The summed E-state index contributed by atoms with van der Waals surface area (Å²) in [6, 6.07) is -1.75. The smallest absolute Gasteiger partial charge is 0.126 e. The third-order valence-corrected chi connectivity index (χ3v) is 4.52. The van der Waals surface area contributed by atoms with Crippen molar-refractivity contribution in [3.05, 3.63) is 0 Å². The first-order valence-corrected chi connectivity index (χ1v) is 10.5. The van der Waals surface area contributed by atoms with Crippen LogP contribution in [0.25, 0.3) is 0 Å². The Balaban J connectivity index is 4.25. The summed E-state index contributed by atoms with van der Waals surface area (Å²) in [5.74, 6) is 0. The Bertz CT molecular complexity index is 151. The van der Waals surface area contributed by atoms with E-state index in [9.17, 15) is 0 Å². The summed E-state index contributed by atoms with van der Waals surface area (Å²) in [5, 5.41) is 0. The maximum absolute atomic E-state index is 5.91. The van der Waals surface area contributed by atoms with Gasteiger partial charge in [0.05, 0.1) is 0 Å². The van der Waals surface area contributed by atoms with Crippen LogP contribution in [0.4, 0.5) is 0 Å². The molecule has 0 rings (SSSR count). The highest BCUT2D eigenvalue weighted by molar-refractivity contribution is 14.1. The van der Waals surface area contributed by atoms with Gasteiger partial charge in [-0.1, -0.05) is 50.3 Å². The molecule has 0 aliphatic carbocycles. The second-order valence-electron chi connectivity index (χ2n) is 4.85. The summed E-state index contributed by atoms with van der Waals surface area (Å²) in [4.78, 5) is 0. The van der Waals surface area contributed by atoms with E-state index in [-0.39, 0.29) is 8.84 Å². The Kier molecular flexibility index (Phi) is 5.44. The van der Waals surface area contributed by atoms with E-state index in [0.29, 0.717) is 0 Å². The molecule has 0 atom stereocenters. The molecule has 0 aliphatic heterocycles. The van der Waals surface area contributed by atoms with Gasteiger partial charge in [-0.05, 0) is 17.9 Å². The average molecular weight is 374 g/mol. The van der Waals surface area contributed by atoms with Crippen LogP contribution >= 0.6 is 55.8 Å². The molecule has 0 bridgehead atoms. The minimum Gasteiger partial charge on any atom is -0.126 e. The van der Waals surface area contributed by atoms with Crippen LogP contribution in [0.5, 0.6) is 0 Å². The molecule has 0 saturated heterocycles. The van der Waals surface area contributed by atoms with Gasteiger partial charge in [0.1, 0.15) is 0 Å². The monoisotopic (exact) mass is 372 g/mol. The van der Waals surface area contributed by atoms with Crippen LogP contribution in [0.3, 0.4) is 0 Å². The minimum absolute atomic E-state index is 0.127. The first kappa shape index (κ1) is 14.8. The Morgan fingerprint density at radius 1 is 1.08 bits per heavy atom. The van der Waals surface area contributed by atoms with Gasteiger partial charge >= 0.3 is 6.00 Å². The SMILES string of the molecule is CC(C)(I)CC(C)(C)C[Si](Cl)(Cl)Cl. The molecule has 0 N–H and O–H groups in total. The fraction of sp³-hybridized carbons (Fsp3) is 1.00. The first-order valence-electron chi connectivity index (χ1n) is 4.17. The van der Waals surface area contributed by atoms with E-state index in [4.69, 9.17) is 33.2 Å². The van der Waals surface area contributed by atoms with Gasteiger partial charge in [0.25, 0.3) is 0 Å². The lowest BCUT2D eigenvalue weighted by Gasteiger charge is -2.32. The zero-order valence-corrected chi connectivity index (χ0v) is 13.9. The predicted octanol–water partition coefficient (Wildman–Crippen LogP) is 5.27. The Morgan fingerprint density at radius 2 is 1.46 bits per heavy atom. The molecule has 0 unspecified atom stereocenters. The number of halogens is 4. The van der Waals surface area contributed by atoms with Crippen LogP contribution in [0.2, 0.25) is 6.04 Å². The van der Waals surface area contributed by atoms with Crippen molar-refractivity contribution < 1.29 is 0 Å². The predicted molar refractivity (Wildman–Crippen MR) is 74.6 cm³/mol. The molecule has 0 heterocycles. The fourth-order valence-electron chi connectivity index (χ4n) is 1.74. The van der Waals surface area contributed by atoms with Crippen molar-refractivity contribution in [3.63, 3.8) is 0 Å². The molecule has 80 valence electrons. The molecule has 13 heavy (non-hydrogen) atoms. The molecule has 0 aromatic heterocycles. The lowest BCUT2D eigenvalue weighted by atomic mass is 9.86.